The van der Waals surface area contributed by atoms with Crippen LogP contribution in [0.5, 0.6) is 11.5 Å². The van der Waals surface area contributed by atoms with Gasteiger partial charge in [0.05, 0.1) is 11.7 Å². The smallest absolute Gasteiger partial charge is 0.491 e. The lowest BCUT2D eigenvalue weighted by Crippen LogP contribution is -2.40. The number of esters is 1. The molecule has 0 unspecified atom stereocenters. The number of halogens is 4. The van der Waals surface area contributed by atoms with Gasteiger partial charge in [0, 0.05) is 36.4 Å². The largest absolute Gasteiger partial charge is 0.507 e. The van der Waals surface area contributed by atoms with Crippen LogP contribution >= 0.6 is 11.6 Å². The van der Waals surface area contributed by atoms with Crippen molar-refractivity contribution in [2.45, 2.75) is 24.6 Å². The van der Waals surface area contributed by atoms with Gasteiger partial charge in [0.15, 0.2) is 5.43 Å². The number of rotatable bonds is 3. The molecule has 0 amide bonds. The number of nitrogens with zero attached hydrogens (tertiary/aromatic N) is 2. The summed E-state index contributed by atoms with van der Waals surface area (Å²) in [6.45, 7) is 0.778. The van der Waals surface area contributed by atoms with Crippen LogP contribution in [0, 0.1) is 0 Å². The molecule has 1 aliphatic rings. The molecular formula is C22H18ClF3N2O6. The number of phenols is 1. The average molecular weight is 499 g/mol. The van der Waals surface area contributed by atoms with Crippen LogP contribution in [0.15, 0.2) is 39.7 Å². The van der Waals surface area contributed by atoms with Gasteiger partial charge in [-0.25, -0.2) is 9.78 Å². The molecule has 1 aromatic carbocycles. The van der Waals surface area contributed by atoms with E-state index >= 15 is 0 Å². The highest BCUT2D eigenvalue weighted by Crippen LogP contribution is 2.43. The van der Waals surface area contributed by atoms with Crippen LogP contribution in [0.2, 0.25) is 5.15 Å². The van der Waals surface area contributed by atoms with E-state index in [2.05, 4.69) is 9.72 Å². The number of β-amino-alcohol motifs (C(OH)–C–C–N with tert-alkyl or cyclic N) is 1. The molecule has 180 valence electrons. The summed E-state index contributed by atoms with van der Waals surface area (Å²) < 4.78 is 48.8. The Hall–Kier alpha value is -3.15. The molecule has 1 aliphatic heterocycles. The second-order valence-electron chi connectivity index (χ2n) is 7.94. The minimum atomic E-state index is -5.34. The maximum absolute atomic E-state index is 13.1. The fraction of sp³-hybridized carbons (Fsp3) is 0.318. The first-order valence-corrected chi connectivity index (χ1v) is 10.5. The SMILES string of the molecule is CN1CC[C@H](c2c(O)cc(OC(=O)C(F)(F)F)c3c(=O)cc(-c4cccnc4Cl)oc23)[C@H](O)C1. The normalized spacial score (nSPS) is 19.4. The number of carbonyl (C=O) groups excluding carboxylic acids is 1. The molecule has 34 heavy (non-hydrogen) atoms. The average Bonchev–Trinajstić information content (AvgIpc) is 2.74. The molecule has 0 aliphatic carbocycles. The van der Waals surface area contributed by atoms with Gasteiger partial charge in [-0.2, -0.15) is 13.2 Å². The molecule has 0 spiro atoms. The Kier molecular flexibility index (Phi) is 6.28. The quantitative estimate of drug-likeness (QED) is 0.321. The highest BCUT2D eigenvalue weighted by atomic mass is 35.5. The fourth-order valence-electron chi connectivity index (χ4n) is 4.03. The van der Waals surface area contributed by atoms with Gasteiger partial charge in [0.2, 0.25) is 0 Å². The molecule has 3 aromatic rings. The second-order valence-corrected chi connectivity index (χ2v) is 8.30. The second kappa shape index (κ2) is 8.90. The van der Waals surface area contributed by atoms with Crippen molar-refractivity contribution in [1.29, 1.82) is 0 Å². The number of likely N-dealkylation sites (N-methyl/N-ethyl adjacent to an activating group) is 1. The highest BCUT2D eigenvalue weighted by molar-refractivity contribution is 6.32. The van der Waals surface area contributed by atoms with Crippen molar-refractivity contribution in [1.82, 2.24) is 9.88 Å². The number of aromatic hydroxyl groups is 1. The van der Waals surface area contributed by atoms with Gasteiger partial charge < -0.3 is 24.3 Å². The molecule has 2 atom stereocenters. The molecule has 2 N–H and O–H groups in total. The molecule has 0 saturated carbocycles. The van der Waals surface area contributed by atoms with Crippen LogP contribution < -0.4 is 10.2 Å². The Bertz CT molecular complexity index is 1330. The number of piperidine rings is 1. The van der Waals surface area contributed by atoms with Crippen molar-refractivity contribution < 1.29 is 37.3 Å². The summed E-state index contributed by atoms with van der Waals surface area (Å²) in [7, 11) is 1.79. The molecule has 1 fully saturated rings. The van der Waals surface area contributed by atoms with Crippen LogP contribution in [0.1, 0.15) is 17.9 Å². The van der Waals surface area contributed by atoms with Gasteiger partial charge in [0.1, 0.15) is 33.4 Å². The third-order valence-electron chi connectivity index (χ3n) is 5.60. The third kappa shape index (κ3) is 4.46. The molecule has 3 heterocycles. The van der Waals surface area contributed by atoms with Gasteiger partial charge in [-0.1, -0.05) is 11.6 Å². The standard InChI is InChI=1S/C22H18ClF3N2O6/c1-28-6-4-10(14(31)9-28)17-12(29)8-16(34-21(32)22(24,25)26)18-13(30)7-15(33-19(17)18)11-3-2-5-27-20(11)23/h2-3,5,7-8,10,14,29,31H,4,6,9H2,1H3/t10-,14+/m0/s1. The Balaban J connectivity index is 2.00. The summed E-state index contributed by atoms with van der Waals surface area (Å²) in [5.41, 5.74) is -0.928. The van der Waals surface area contributed by atoms with Gasteiger partial charge in [-0.3, -0.25) is 4.79 Å². The lowest BCUT2D eigenvalue weighted by atomic mass is 9.85. The zero-order valence-electron chi connectivity index (χ0n) is 17.6. The Morgan fingerprint density at radius 2 is 2.09 bits per heavy atom. The number of ether oxygens (including phenoxy) is 1. The summed E-state index contributed by atoms with van der Waals surface area (Å²) >= 11 is 6.11. The van der Waals surface area contributed by atoms with Gasteiger partial charge >= 0.3 is 12.1 Å². The first kappa shape index (κ1) is 24.0. The summed E-state index contributed by atoms with van der Waals surface area (Å²) in [5.74, 6) is -4.77. The van der Waals surface area contributed by atoms with E-state index < -0.39 is 46.5 Å². The monoisotopic (exact) mass is 498 g/mol. The lowest BCUT2D eigenvalue weighted by Gasteiger charge is -2.34. The number of aromatic nitrogens is 1. The summed E-state index contributed by atoms with van der Waals surface area (Å²) in [4.78, 5) is 30.3. The summed E-state index contributed by atoms with van der Waals surface area (Å²) in [6.07, 6.45) is -4.56. The van der Waals surface area contributed by atoms with E-state index in [-0.39, 0.29) is 34.2 Å². The van der Waals surface area contributed by atoms with Crippen LogP contribution in [-0.2, 0) is 4.79 Å². The Labute approximate surface area is 195 Å². The number of fused-ring (bicyclic) bond motifs is 1. The molecule has 0 radical (unpaired) electrons. The number of likely N-dealkylation sites (tertiary alicyclic amines) is 1. The minimum Gasteiger partial charge on any atom is -0.507 e. The first-order valence-electron chi connectivity index (χ1n) is 10.1. The van der Waals surface area contributed by atoms with Crippen molar-refractivity contribution >= 4 is 28.5 Å². The fourth-order valence-corrected chi connectivity index (χ4v) is 4.24. The lowest BCUT2D eigenvalue weighted by molar-refractivity contribution is -0.189. The predicted molar refractivity (Wildman–Crippen MR) is 115 cm³/mol. The van der Waals surface area contributed by atoms with E-state index in [1.54, 1.807) is 7.05 Å². The van der Waals surface area contributed by atoms with Crippen LogP contribution in [0.25, 0.3) is 22.3 Å². The maximum atomic E-state index is 13.1. The van der Waals surface area contributed by atoms with Crippen molar-refractivity contribution in [3.63, 3.8) is 0 Å². The Morgan fingerprint density at radius 3 is 2.74 bits per heavy atom. The molecular weight excluding hydrogens is 481 g/mol. The van der Waals surface area contributed by atoms with Crippen molar-refractivity contribution in [2.24, 2.45) is 0 Å². The van der Waals surface area contributed by atoms with E-state index in [0.29, 0.717) is 13.0 Å². The third-order valence-corrected chi connectivity index (χ3v) is 5.90. The molecule has 8 nitrogen and oxygen atoms in total. The van der Waals surface area contributed by atoms with Crippen molar-refractivity contribution in [3.05, 3.63) is 51.4 Å². The molecule has 12 heteroatoms. The summed E-state index contributed by atoms with van der Waals surface area (Å²) in [5, 5.41) is 20.9. The van der Waals surface area contributed by atoms with Crippen molar-refractivity contribution in [2.75, 3.05) is 20.1 Å². The summed E-state index contributed by atoms with van der Waals surface area (Å²) in [6, 6.07) is 4.77. The predicted octanol–water partition coefficient (Wildman–Crippen LogP) is 3.46. The number of hydrogen-bond acceptors (Lipinski definition) is 8. The van der Waals surface area contributed by atoms with E-state index in [0.717, 1.165) is 12.1 Å². The van der Waals surface area contributed by atoms with E-state index in [1.807, 2.05) is 4.90 Å². The molecule has 2 aromatic heterocycles. The first-order chi connectivity index (χ1) is 16.0. The minimum absolute atomic E-state index is 0.00486. The topological polar surface area (TPSA) is 113 Å². The molecule has 1 saturated heterocycles. The number of carbonyl (C=O) groups is 1. The zero-order valence-corrected chi connectivity index (χ0v) is 18.4. The van der Waals surface area contributed by atoms with Crippen LogP contribution in [-0.4, -0.2) is 58.5 Å². The number of alkyl halides is 3. The molecule has 4 rings (SSSR count). The van der Waals surface area contributed by atoms with E-state index in [1.165, 1.54) is 18.3 Å². The number of phenolic OH excluding ortho intramolecular Hbond substituents is 1. The van der Waals surface area contributed by atoms with E-state index in [4.69, 9.17) is 16.0 Å². The maximum Gasteiger partial charge on any atom is 0.491 e. The van der Waals surface area contributed by atoms with Crippen molar-refractivity contribution in [3.8, 4) is 22.8 Å². The number of hydrogen-bond donors (Lipinski definition) is 2. The van der Waals surface area contributed by atoms with E-state index in [9.17, 15) is 33.0 Å². The Morgan fingerprint density at radius 1 is 1.35 bits per heavy atom. The molecule has 0 bridgehead atoms. The number of aliphatic hydroxyl groups is 1. The van der Waals surface area contributed by atoms with Crippen LogP contribution in [0.3, 0.4) is 0 Å². The number of aliphatic hydroxyl groups excluding tert-OH is 1. The van der Waals surface area contributed by atoms with Gasteiger partial charge in [-0.15, -0.1) is 0 Å². The number of pyridine rings is 1. The number of benzene rings is 1. The highest BCUT2D eigenvalue weighted by Gasteiger charge is 2.42. The van der Waals surface area contributed by atoms with Gasteiger partial charge in [0.25, 0.3) is 0 Å². The van der Waals surface area contributed by atoms with Crippen LogP contribution in [0.4, 0.5) is 13.2 Å². The van der Waals surface area contributed by atoms with Gasteiger partial charge in [-0.05, 0) is 32.1 Å². The zero-order chi connectivity index (χ0) is 24.8.